The van der Waals surface area contributed by atoms with Crippen LogP contribution in [-0.4, -0.2) is 10.2 Å². The highest BCUT2D eigenvalue weighted by atomic mass is 16.3. The Labute approximate surface area is 108 Å². The third-order valence-corrected chi connectivity index (χ3v) is 3.40. The van der Waals surface area contributed by atoms with Gasteiger partial charge in [-0.05, 0) is 41.2 Å². The van der Waals surface area contributed by atoms with E-state index >= 15 is 0 Å². The van der Waals surface area contributed by atoms with Crippen LogP contribution in [0.15, 0.2) is 42.5 Å². The molecule has 2 aromatic rings. The van der Waals surface area contributed by atoms with Gasteiger partial charge in [0, 0.05) is 0 Å². The average Bonchev–Trinajstić information content (AvgIpc) is 2.41. The number of hydrogen-bond acceptors (Lipinski definition) is 2. The van der Waals surface area contributed by atoms with Gasteiger partial charge in [-0.15, -0.1) is 0 Å². The van der Waals surface area contributed by atoms with Gasteiger partial charge in [0.2, 0.25) is 0 Å². The summed E-state index contributed by atoms with van der Waals surface area (Å²) >= 11 is 0. The van der Waals surface area contributed by atoms with Crippen LogP contribution in [-0.2, 0) is 0 Å². The second-order valence-electron chi connectivity index (χ2n) is 4.63. The van der Waals surface area contributed by atoms with Gasteiger partial charge in [-0.25, -0.2) is 0 Å². The summed E-state index contributed by atoms with van der Waals surface area (Å²) in [4.78, 5) is 0. The van der Waals surface area contributed by atoms with Crippen molar-refractivity contribution in [1.29, 1.82) is 0 Å². The molecule has 0 aliphatic heterocycles. The van der Waals surface area contributed by atoms with E-state index in [9.17, 15) is 10.2 Å². The van der Waals surface area contributed by atoms with Crippen molar-refractivity contribution in [2.24, 2.45) is 0 Å². The first-order valence-electron chi connectivity index (χ1n) is 6.24. The van der Waals surface area contributed by atoms with Crippen molar-refractivity contribution in [3.63, 3.8) is 0 Å². The van der Waals surface area contributed by atoms with Gasteiger partial charge >= 0.3 is 0 Å². The van der Waals surface area contributed by atoms with Crippen LogP contribution in [0.2, 0.25) is 0 Å². The van der Waals surface area contributed by atoms with Gasteiger partial charge in [-0.3, -0.25) is 0 Å². The molecule has 1 unspecified atom stereocenters. The van der Waals surface area contributed by atoms with Crippen molar-refractivity contribution in [2.75, 3.05) is 0 Å². The molecule has 0 amide bonds. The van der Waals surface area contributed by atoms with Gasteiger partial charge in [-0.1, -0.05) is 44.2 Å². The minimum Gasteiger partial charge on any atom is -0.504 e. The Balaban J connectivity index is 2.31. The number of rotatable bonds is 3. The standard InChI is InChI=1S/C16H18O2/c1-3-11(2)12-4-6-13(7-5-12)14-8-9-15(17)16(18)10-14/h4-11,17-18H,3H2,1-2H3. The summed E-state index contributed by atoms with van der Waals surface area (Å²) in [5.41, 5.74) is 3.27. The third-order valence-electron chi connectivity index (χ3n) is 3.40. The van der Waals surface area contributed by atoms with Gasteiger partial charge < -0.3 is 10.2 Å². The lowest BCUT2D eigenvalue weighted by Gasteiger charge is -2.10. The predicted molar refractivity (Wildman–Crippen MR) is 73.9 cm³/mol. The van der Waals surface area contributed by atoms with Crippen LogP contribution in [0.1, 0.15) is 31.7 Å². The Morgan fingerprint density at radius 2 is 1.50 bits per heavy atom. The summed E-state index contributed by atoms with van der Waals surface area (Å²) in [7, 11) is 0. The molecule has 2 nitrogen and oxygen atoms in total. The Morgan fingerprint density at radius 3 is 2.06 bits per heavy atom. The molecular weight excluding hydrogens is 224 g/mol. The summed E-state index contributed by atoms with van der Waals surface area (Å²) in [5, 5.41) is 18.8. The summed E-state index contributed by atoms with van der Waals surface area (Å²) in [6.45, 7) is 4.39. The zero-order valence-electron chi connectivity index (χ0n) is 10.7. The Bertz CT molecular complexity index is 529. The van der Waals surface area contributed by atoms with Crippen LogP contribution in [0.4, 0.5) is 0 Å². The van der Waals surface area contributed by atoms with Crippen LogP contribution < -0.4 is 0 Å². The van der Waals surface area contributed by atoms with Crippen LogP contribution in [0.3, 0.4) is 0 Å². The van der Waals surface area contributed by atoms with Crippen molar-refractivity contribution < 1.29 is 10.2 Å². The maximum atomic E-state index is 9.49. The second-order valence-corrected chi connectivity index (χ2v) is 4.63. The smallest absolute Gasteiger partial charge is 0.158 e. The molecule has 0 saturated carbocycles. The fraction of sp³-hybridized carbons (Fsp3) is 0.250. The van der Waals surface area contributed by atoms with E-state index in [1.807, 2.05) is 12.1 Å². The average molecular weight is 242 g/mol. The number of benzene rings is 2. The molecule has 0 radical (unpaired) electrons. The zero-order valence-corrected chi connectivity index (χ0v) is 10.7. The van der Waals surface area contributed by atoms with Gasteiger partial charge in [0.15, 0.2) is 11.5 Å². The number of phenolic OH excluding ortho intramolecular Hbond substituents is 2. The first kappa shape index (κ1) is 12.5. The first-order chi connectivity index (χ1) is 8.61. The minimum absolute atomic E-state index is 0.0847. The molecule has 94 valence electrons. The van der Waals surface area contributed by atoms with E-state index in [-0.39, 0.29) is 11.5 Å². The van der Waals surface area contributed by atoms with Crippen LogP contribution in [0.25, 0.3) is 11.1 Å². The molecule has 0 fully saturated rings. The van der Waals surface area contributed by atoms with Gasteiger partial charge in [-0.2, -0.15) is 0 Å². The zero-order chi connectivity index (χ0) is 13.1. The summed E-state index contributed by atoms with van der Waals surface area (Å²) in [5.74, 6) is 0.390. The van der Waals surface area contributed by atoms with Gasteiger partial charge in [0.1, 0.15) is 0 Å². The Hall–Kier alpha value is -1.96. The minimum atomic E-state index is -0.0880. The fourth-order valence-corrected chi connectivity index (χ4v) is 1.94. The van der Waals surface area contributed by atoms with E-state index in [2.05, 4.69) is 26.0 Å². The molecule has 0 saturated heterocycles. The van der Waals surface area contributed by atoms with E-state index in [0.29, 0.717) is 5.92 Å². The summed E-state index contributed by atoms with van der Waals surface area (Å²) in [6, 6.07) is 13.2. The molecule has 0 heterocycles. The predicted octanol–water partition coefficient (Wildman–Crippen LogP) is 4.28. The van der Waals surface area contributed by atoms with Crippen molar-refractivity contribution in [3.05, 3.63) is 48.0 Å². The number of phenols is 2. The highest BCUT2D eigenvalue weighted by Crippen LogP contribution is 2.31. The number of hydrogen-bond donors (Lipinski definition) is 2. The topological polar surface area (TPSA) is 40.5 Å². The molecule has 1 atom stereocenters. The van der Waals surface area contributed by atoms with Crippen molar-refractivity contribution in [2.45, 2.75) is 26.2 Å². The maximum Gasteiger partial charge on any atom is 0.158 e. The second kappa shape index (κ2) is 5.13. The molecular formula is C16H18O2. The van der Waals surface area contributed by atoms with E-state index in [0.717, 1.165) is 17.5 Å². The molecule has 0 bridgehead atoms. The summed E-state index contributed by atoms with van der Waals surface area (Å²) in [6.07, 6.45) is 1.12. The molecule has 0 aliphatic carbocycles. The maximum absolute atomic E-state index is 9.49. The molecule has 2 rings (SSSR count). The van der Waals surface area contributed by atoms with E-state index in [4.69, 9.17) is 0 Å². The normalized spacial score (nSPS) is 12.3. The molecule has 18 heavy (non-hydrogen) atoms. The SMILES string of the molecule is CCC(C)c1ccc(-c2ccc(O)c(O)c2)cc1. The highest BCUT2D eigenvalue weighted by Gasteiger charge is 2.05. The van der Waals surface area contributed by atoms with Crippen LogP contribution in [0.5, 0.6) is 11.5 Å². The number of aromatic hydroxyl groups is 2. The van der Waals surface area contributed by atoms with Crippen LogP contribution in [0, 0.1) is 0 Å². The Morgan fingerprint density at radius 1 is 0.889 bits per heavy atom. The Kier molecular flexibility index (Phi) is 3.56. The molecule has 2 heteroatoms. The fourth-order valence-electron chi connectivity index (χ4n) is 1.94. The molecule has 0 aliphatic rings. The van der Waals surface area contributed by atoms with Crippen molar-refractivity contribution >= 4 is 0 Å². The highest BCUT2D eigenvalue weighted by molar-refractivity contribution is 5.67. The lowest BCUT2D eigenvalue weighted by atomic mass is 9.96. The van der Waals surface area contributed by atoms with Crippen molar-refractivity contribution in [3.8, 4) is 22.6 Å². The quantitative estimate of drug-likeness (QED) is 0.789. The summed E-state index contributed by atoms with van der Waals surface area (Å²) < 4.78 is 0. The molecule has 2 N–H and O–H groups in total. The molecule has 0 aromatic heterocycles. The first-order valence-corrected chi connectivity index (χ1v) is 6.24. The monoisotopic (exact) mass is 242 g/mol. The van der Waals surface area contributed by atoms with Gasteiger partial charge in [0.05, 0.1) is 0 Å². The van der Waals surface area contributed by atoms with E-state index in [1.54, 1.807) is 12.1 Å². The van der Waals surface area contributed by atoms with E-state index < -0.39 is 0 Å². The van der Waals surface area contributed by atoms with Gasteiger partial charge in [0.25, 0.3) is 0 Å². The lowest BCUT2D eigenvalue weighted by Crippen LogP contribution is -1.90. The lowest BCUT2D eigenvalue weighted by molar-refractivity contribution is 0.404. The molecule has 2 aromatic carbocycles. The van der Waals surface area contributed by atoms with Crippen LogP contribution >= 0.6 is 0 Å². The van der Waals surface area contributed by atoms with Crippen molar-refractivity contribution in [1.82, 2.24) is 0 Å². The largest absolute Gasteiger partial charge is 0.504 e. The third kappa shape index (κ3) is 2.48. The molecule has 0 spiro atoms. The van der Waals surface area contributed by atoms with E-state index in [1.165, 1.54) is 11.6 Å².